The number of anilines is 2. The minimum Gasteiger partial charge on any atom is -0.323 e. The van der Waals surface area contributed by atoms with E-state index >= 15 is 0 Å². The number of carbonyl (C=O) groups is 2. The molecule has 0 radical (unpaired) electrons. The highest BCUT2D eigenvalue weighted by Gasteiger charge is 2.27. The van der Waals surface area contributed by atoms with E-state index in [1.165, 1.54) is 4.90 Å². The molecule has 0 aromatic heterocycles. The second-order valence-corrected chi connectivity index (χ2v) is 7.30. The number of carbonyl (C=O) groups excluding carboxylic acids is 2. The maximum Gasteiger partial charge on any atom is 0.258 e. The first-order valence-electron chi connectivity index (χ1n) is 7.52. The largest absolute Gasteiger partial charge is 0.323 e. The van der Waals surface area contributed by atoms with E-state index in [9.17, 15) is 9.59 Å². The predicted molar refractivity (Wildman–Crippen MR) is 94.2 cm³/mol. The van der Waals surface area contributed by atoms with E-state index in [1.54, 1.807) is 17.8 Å². The number of amides is 2. The van der Waals surface area contributed by atoms with Gasteiger partial charge in [0, 0.05) is 15.7 Å². The van der Waals surface area contributed by atoms with Crippen LogP contribution >= 0.6 is 11.8 Å². The van der Waals surface area contributed by atoms with Gasteiger partial charge in [-0.3, -0.25) is 14.5 Å². The summed E-state index contributed by atoms with van der Waals surface area (Å²) in [5, 5.41) is 3.29. The second kappa shape index (κ2) is 6.46. The molecule has 0 atom stereocenters. The first-order valence-corrected chi connectivity index (χ1v) is 8.40. The average molecular weight is 326 g/mol. The molecule has 0 bridgehead atoms. The summed E-state index contributed by atoms with van der Waals surface area (Å²) in [4.78, 5) is 27.3. The zero-order valence-electron chi connectivity index (χ0n) is 13.1. The SMILES string of the molecule is CC(C)Sc1ccc(C(=O)N2CC(=O)Nc3ccccc32)cc1. The number of para-hydroxylation sites is 2. The van der Waals surface area contributed by atoms with Crippen molar-refractivity contribution >= 4 is 35.0 Å². The molecule has 0 saturated carbocycles. The molecule has 5 heteroatoms. The molecule has 0 spiro atoms. The minimum atomic E-state index is -0.177. The first kappa shape index (κ1) is 15.6. The number of rotatable bonds is 3. The summed E-state index contributed by atoms with van der Waals surface area (Å²) < 4.78 is 0. The third-order valence-electron chi connectivity index (χ3n) is 3.49. The van der Waals surface area contributed by atoms with Crippen molar-refractivity contribution in [1.82, 2.24) is 0 Å². The van der Waals surface area contributed by atoms with Crippen molar-refractivity contribution in [3.63, 3.8) is 0 Å². The maximum absolute atomic E-state index is 12.8. The third-order valence-corrected chi connectivity index (χ3v) is 4.50. The van der Waals surface area contributed by atoms with E-state index in [-0.39, 0.29) is 18.4 Å². The van der Waals surface area contributed by atoms with E-state index < -0.39 is 0 Å². The summed E-state index contributed by atoms with van der Waals surface area (Å²) in [5.74, 6) is -0.336. The Morgan fingerprint density at radius 2 is 1.83 bits per heavy atom. The standard InChI is InChI=1S/C18H18N2O2S/c1-12(2)23-14-9-7-13(8-10-14)18(22)20-11-17(21)19-15-5-3-4-6-16(15)20/h3-10,12H,11H2,1-2H3,(H,19,21). The van der Waals surface area contributed by atoms with Crippen molar-refractivity contribution in [2.24, 2.45) is 0 Å². The number of thioether (sulfide) groups is 1. The second-order valence-electron chi connectivity index (χ2n) is 5.65. The van der Waals surface area contributed by atoms with E-state index in [0.29, 0.717) is 16.5 Å². The van der Waals surface area contributed by atoms with E-state index in [2.05, 4.69) is 19.2 Å². The first-order chi connectivity index (χ1) is 11.0. The molecule has 0 fully saturated rings. The molecule has 1 aliphatic rings. The topological polar surface area (TPSA) is 49.4 Å². The molecule has 1 N–H and O–H groups in total. The minimum absolute atomic E-state index is 0.0400. The molecule has 0 saturated heterocycles. The molecule has 3 rings (SSSR count). The Bertz CT molecular complexity index is 741. The maximum atomic E-state index is 12.8. The fourth-order valence-corrected chi connectivity index (χ4v) is 3.36. The fourth-order valence-electron chi connectivity index (χ4n) is 2.52. The van der Waals surface area contributed by atoms with E-state index in [0.717, 1.165) is 10.6 Å². The number of benzene rings is 2. The average Bonchev–Trinajstić information content (AvgIpc) is 2.53. The highest BCUT2D eigenvalue weighted by atomic mass is 32.2. The van der Waals surface area contributed by atoms with Crippen molar-refractivity contribution < 1.29 is 9.59 Å². The molecular formula is C18H18N2O2S. The molecule has 2 aromatic rings. The molecule has 0 unspecified atom stereocenters. The summed E-state index contributed by atoms with van der Waals surface area (Å²) in [5.41, 5.74) is 1.99. The van der Waals surface area contributed by atoms with Gasteiger partial charge in [-0.25, -0.2) is 0 Å². The van der Waals surface area contributed by atoms with Gasteiger partial charge in [0.05, 0.1) is 11.4 Å². The van der Waals surface area contributed by atoms with Gasteiger partial charge < -0.3 is 5.32 Å². The highest BCUT2D eigenvalue weighted by molar-refractivity contribution is 7.99. The molecule has 23 heavy (non-hydrogen) atoms. The van der Waals surface area contributed by atoms with Gasteiger partial charge >= 0.3 is 0 Å². The van der Waals surface area contributed by atoms with Gasteiger partial charge in [-0.2, -0.15) is 0 Å². The monoisotopic (exact) mass is 326 g/mol. The molecule has 1 heterocycles. The van der Waals surface area contributed by atoms with Crippen molar-refractivity contribution in [2.45, 2.75) is 24.0 Å². The van der Waals surface area contributed by atoms with Crippen LogP contribution in [0.4, 0.5) is 11.4 Å². The van der Waals surface area contributed by atoms with Crippen LogP contribution in [-0.4, -0.2) is 23.6 Å². The predicted octanol–water partition coefficient (Wildman–Crippen LogP) is 3.79. The summed E-state index contributed by atoms with van der Waals surface area (Å²) in [6.07, 6.45) is 0. The van der Waals surface area contributed by atoms with Gasteiger partial charge in [0.15, 0.2) is 0 Å². The Morgan fingerprint density at radius 1 is 1.13 bits per heavy atom. The third kappa shape index (κ3) is 3.40. The zero-order valence-corrected chi connectivity index (χ0v) is 13.9. The van der Waals surface area contributed by atoms with Crippen molar-refractivity contribution in [1.29, 1.82) is 0 Å². The van der Waals surface area contributed by atoms with Crippen molar-refractivity contribution in [2.75, 3.05) is 16.8 Å². The van der Waals surface area contributed by atoms with Gasteiger partial charge in [-0.1, -0.05) is 26.0 Å². The lowest BCUT2D eigenvalue weighted by Crippen LogP contribution is -2.42. The Kier molecular flexibility index (Phi) is 4.39. The van der Waals surface area contributed by atoms with Crippen LogP contribution in [0.5, 0.6) is 0 Å². The number of nitrogens with zero attached hydrogens (tertiary/aromatic N) is 1. The van der Waals surface area contributed by atoms with Gasteiger partial charge in [-0.05, 0) is 36.4 Å². The lowest BCUT2D eigenvalue weighted by molar-refractivity contribution is -0.115. The van der Waals surface area contributed by atoms with Gasteiger partial charge in [0.2, 0.25) is 5.91 Å². The van der Waals surface area contributed by atoms with Crippen LogP contribution in [0.25, 0.3) is 0 Å². The van der Waals surface area contributed by atoms with Crippen LogP contribution in [0.3, 0.4) is 0 Å². The van der Waals surface area contributed by atoms with E-state index in [1.807, 2.05) is 42.5 Å². The summed E-state index contributed by atoms with van der Waals surface area (Å²) in [6, 6.07) is 14.9. The molecule has 2 aromatic carbocycles. The Morgan fingerprint density at radius 3 is 2.52 bits per heavy atom. The van der Waals surface area contributed by atoms with Crippen molar-refractivity contribution in [3.05, 3.63) is 54.1 Å². The van der Waals surface area contributed by atoms with Crippen molar-refractivity contribution in [3.8, 4) is 0 Å². The Labute approximate surface area is 139 Å². The lowest BCUT2D eigenvalue weighted by Gasteiger charge is -2.29. The quantitative estimate of drug-likeness (QED) is 0.873. The van der Waals surface area contributed by atoms with Crippen LogP contribution in [-0.2, 0) is 4.79 Å². The van der Waals surface area contributed by atoms with Crippen LogP contribution in [0.1, 0.15) is 24.2 Å². The molecule has 1 aliphatic heterocycles. The summed E-state index contributed by atoms with van der Waals surface area (Å²) in [7, 11) is 0. The number of nitrogens with one attached hydrogen (secondary N) is 1. The smallest absolute Gasteiger partial charge is 0.258 e. The molecule has 2 amide bonds. The van der Waals surface area contributed by atoms with Crippen LogP contribution in [0.2, 0.25) is 0 Å². The summed E-state index contributed by atoms with van der Waals surface area (Å²) >= 11 is 1.75. The fraction of sp³-hybridized carbons (Fsp3) is 0.222. The molecular weight excluding hydrogens is 308 g/mol. The van der Waals surface area contributed by atoms with Crippen LogP contribution < -0.4 is 10.2 Å². The van der Waals surface area contributed by atoms with E-state index in [4.69, 9.17) is 0 Å². The number of hydrogen-bond donors (Lipinski definition) is 1. The normalized spacial score (nSPS) is 13.7. The van der Waals surface area contributed by atoms with Gasteiger partial charge in [0.25, 0.3) is 5.91 Å². The number of hydrogen-bond acceptors (Lipinski definition) is 3. The lowest BCUT2D eigenvalue weighted by atomic mass is 10.1. The zero-order chi connectivity index (χ0) is 16.4. The molecule has 0 aliphatic carbocycles. The summed E-state index contributed by atoms with van der Waals surface area (Å²) in [6.45, 7) is 4.30. The van der Waals surface area contributed by atoms with Gasteiger partial charge in [-0.15, -0.1) is 11.8 Å². The Balaban J connectivity index is 1.87. The molecule has 118 valence electrons. The van der Waals surface area contributed by atoms with Crippen LogP contribution in [0.15, 0.2) is 53.4 Å². The number of fused-ring (bicyclic) bond motifs is 1. The van der Waals surface area contributed by atoms with Crippen LogP contribution in [0, 0.1) is 0 Å². The highest BCUT2D eigenvalue weighted by Crippen LogP contribution is 2.30. The molecule has 4 nitrogen and oxygen atoms in total. The van der Waals surface area contributed by atoms with Gasteiger partial charge in [0.1, 0.15) is 6.54 Å². The Hall–Kier alpha value is -2.27.